The average molecular weight is 402 g/mol. The van der Waals surface area contributed by atoms with E-state index in [9.17, 15) is 8.42 Å². The summed E-state index contributed by atoms with van der Waals surface area (Å²) in [6, 6.07) is 13.1. The van der Waals surface area contributed by atoms with Gasteiger partial charge in [0, 0.05) is 12.3 Å². The standard InChI is InChI=1S/C20H22N2O5S/c1-3-25-18-11-10-17(14-19(18)26-4-2)28(23,24)22(15-16-8-7-13-27-16)20-9-5-6-12-21-20/h5-14H,3-4,15H2,1-2H3. The van der Waals surface area contributed by atoms with Gasteiger partial charge in [0.15, 0.2) is 11.5 Å². The fourth-order valence-corrected chi connectivity index (χ4v) is 4.06. The highest BCUT2D eigenvalue weighted by Crippen LogP contribution is 2.33. The zero-order chi connectivity index (χ0) is 20.0. The maximum absolute atomic E-state index is 13.4. The first-order valence-electron chi connectivity index (χ1n) is 8.92. The van der Waals surface area contributed by atoms with Crippen LogP contribution in [0.2, 0.25) is 0 Å². The third kappa shape index (κ3) is 4.28. The van der Waals surface area contributed by atoms with Gasteiger partial charge in [0.25, 0.3) is 10.0 Å². The maximum Gasteiger partial charge on any atom is 0.266 e. The van der Waals surface area contributed by atoms with Gasteiger partial charge in [-0.1, -0.05) is 6.07 Å². The van der Waals surface area contributed by atoms with Crippen LogP contribution in [0.15, 0.2) is 70.3 Å². The van der Waals surface area contributed by atoms with E-state index in [-0.39, 0.29) is 11.4 Å². The Morgan fingerprint density at radius 1 is 1.00 bits per heavy atom. The summed E-state index contributed by atoms with van der Waals surface area (Å²) >= 11 is 0. The van der Waals surface area contributed by atoms with Crippen molar-refractivity contribution in [1.82, 2.24) is 4.98 Å². The Hall–Kier alpha value is -3.00. The molecule has 148 valence electrons. The van der Waals surface area contributed by atoms with Gasteiger partial charge in [0.05, 0.1) is 30.9 Å². The van der Waals surface area contributed by atoms with Crippen LogP contribution in [-0.2, 0) is 16.6 Å². The van der Waals surface area contributed by atoms with E-state index in [0.717, 1.165) is 0 Å². The molecule has 0 aliphatic carbocycles. The second-order valence-corrected chi connectivity index (χ2v) is 7.62. The second kappa shape index (κ2) is 8.79. The number of rotatable bonds is 9. The minimum atomic E-state index is -3.93. The average Bonchev–Trinajstić information content (AvgIpc) is 3.22. The Morgan fingerprint density at radius 2 is 1.79 bits per heavy atom. The lowest BCUT2D eigenvalue weighted by molar-refractivity contribution is 0.287. The molecule has 0 fully saturated rings. The molecule has 0 aliphatic heterocycles. The number of ether oxygens (including phenoxy) is 2. The van der Waals surface area contributed by atoms with Crippen molar-refractivity contribution in [2.24, 2.45) is 0 Å². The first-order chi connectivity index (χ1) is 13.6. The molecule has 1 aromatic carbocycles. The molecule has 3 rings (SSSR count). The van der Waals surface area contributed by atoms with Crippen molar-refractivity contribution in [3.05, 3.63) is 66.8 Å². The SMILES string of the molecule is CCOc1ccc(S(=O)(=O)N(Cc2ccco2)c2ccccn2)cc1OCC. The minimum Gasteiger partial charge on any atom is -0.490 e. The van der Waals surface area contributed by atoms with E-state index in [4.69, 9.17) is 13.9 Å². The summed E-state index contributed by atoms with van der Waals surface area (Å²) in [6.45, 7) is 4.54. The van der Waals surface area contributed by atoms with E-state index in [1.54, 1.807) is 42.6 Å². The predicted molar refractivity (Wildman–Crippen MR) is 105 cm³/mol. The fourth-order valence-electron chi connectivity index (χ4n) is 2.65. The molecule has 0 bridgehead atoms. The van der Waals surface area contributed by atoms with Crippen molar-refractivity contribution in [3.8, 4) is 11.5 Å². The van der Waals surface area contributed by atoms with Crippen molar-refractivity contribution in [3.63, 3.8) is 0 Å². The number of furan rings is 1. The van der Waals surface area contributed by atoms with Gasteiger partial charge in [0.2, 0.25) is 0 Å². The molecule has 2 heterocycles. The van der Waals surface area contributed by atoms with Crippen molar-refractivity contribution in [2.45, 2.75) is 25.3 Å². The Bertz CT molecular complexity index is 989. The Kier molecular flexibility index (Phi) is 6.20. The van der Waals surface area contributed by atoms with Gasteiger partial charge in [-0.2, -0.15) is 0 Å². The van der Waals surface area contributed by atoms with Gasteiger partial charge in [-0.05, 0) is 50.2 Å². The lowest BCUT2D eigenvalue weighted by Gasteiger charge is -2.23. The van der Waals surface area contributed by atoms with Gasteiger partial charge in [-0.15, -0.1) is 0 Å². The molecule has 0 amide bonds. The second-order valence-electron chi connectivity index (χ2n) is 5.75. The largest absolute Gasteiger partial charge is 0.490 e. The van der Waals surface area contributed by atoms with Crippen LogP contribution in [0.5, 0.6) is 11.5 Å². The van der Waals surface area contributed by atoms with E-state index in [0.29, 0.717) is 36.3 Å². The summed E-state index contributed by atoms with van der Waals surface area (Å²) in [6.07, 6.45) is 3.05. The molecule has 0 saturated carbocycles. The van der Waals surface area contributed by atoms with Crippen molar-refractivity contribution < 1.29 is 22.3 Å². The third-order valence-corrected chi connectivity index (χ3v) is 5.63. The molecule has 0 radical (unpaired) electrons. The van der Waals surface area contributed by atoms with Gasteiger partial charge in [-0.25, -0.2) is 17.7 Å². The van der Waals surface area contributed by atoms with E-state index in [1.165, 1.54) is 22.7 Å². The van der Waals surface area contributed by atoms with E-state index in [1.807, 2.05) is 13.8 Å². The lowest BCUT2D eigenvalue weighted by Crippen LogP contribution is -2.31. The van der Waals surface area contributed by atoms with E-state index < -0.39 is 10.0 Å². The molecule has 2 aromatic heterocycles. The van der Waals surface area contributed by atoms with Crippen LogP contribution in [0.4, 0.5) is 5.82 Å². The Morgan fingerprint density at radius 3 is 2.43 bits per heavy atom. The summed E-state index contributed by atoms with van der Waals surface area (Å²) in [5.41, 5.74) is 0. The van der Waals surface area contributed by atoms with Crippen LogP contribution >= 0.6 is 0 Å². The topological polar surface area (TPSA) is 81.9 Å². The molecule has 0 spiro atoms. The minimum absolute atomic E-state index is 0.0174. The summed E-state index contributed by atoms with van der Waals surface area (Å²) in [7, 11) is -3.93. The van der Waals surface area contributed by atoms with Crippen LogP contribution in [0, 0.1) is 0 Å². The molecule has 8 heteroatoms. The van der Waals surface area contributed by atoms with E-state index >= 15 is 0 Å². The van der Waals surface area contributed by atoms with Crippen LogP contribution in [0.25, 0.3) is 0 Å². The first-order valence-corrected chi connectivity index (χ1v) is 10.4. The zero-order valence-corrected chi connectivity index (χ0v) is 16.6. The zero-order valence-electron chi connectivity index (χ0n) is 15.7. The highest BCUT2D eigenvalue weighted by molar-refractivity contribution is 7.92. The number of nitrogens with zero attached hydrogens (tertiary/aromatic N) is 2. The van der Waals surface area contributed by atoms with Crippen molar-refractivity contribution in [2.75, 3.05) is 17.5 Å². The third-order valence-electron chi connectivity index (χ3n) is 3.89. The number of sulfonamides is 1. The molecule has 28 heavy (non-hydrogen) atoms. The normalized spacial score (nSPS) is 11.2. The molecule has 0 atom stereocenters. The summed E-state index contributed by atoms with van der Waals surface area (Å²) in [5, 5.41) is 0. The van der Waals surface area contributed by atoms with Crippen LogP contribution in [-0.4, -0.2) is 26.6 Å². The number of benzene rings is 1. The fraction of sp³-hybridized carbons (Fsp3) is 0.250. The molecular weight excluding hydrogens is 380 g/mol. The van der Waals surface area contributed by atoms with Gasteiger partial charge >= 0.3 is 0 Å². The first kappa shape index (κ1) is 19.8. The molecule has 0 unspecified atom stereocenters. The summed E-state index contributed by atoms with van der Waals surface area (Å²) in [4.78, 5) is 4.29. The Labute approximate surface area is 164 Å². The molecule has 3 aromatic rings. The van der Waals surface area contributed by atoms with Crippen molar-refractivity contribution >= 4 is 15.8 Å². The molecule has 0 aliphatic rings. The molecular formula is C20H22N2O5S. The van der Waals surface area contributed by atoms with Gasteiger partial charge in [-0.3, -0.25) is 0 Å². The van der Waals surface area contributed by atoms with Crippen LogP contribution < -0.4 is 13.8 Å². The number of hydrogen-bond acceptors (Lipinski definition) is 6. The maximum atomic E-state index is 13.4. The van der Waals surface area contributed by atoms with Crippen LogP contribution in [0.1, 0.15) is 19.6 Å². The summed E-state index contributed by atoms with van der Waals surface area (Å²) < 4.78 is 44.5. The number of pyridine rings is 1. The highest BCUT2D eigenvalue weighted by atomic mass is 32.2. The molecule has 7 nitrogen and oxygen atoms in total. The Balaban J connectivity index is 2.04. The highest BCUT2D eigenvalue weighted by Gasteiger charge is 2.28. The van der Waals surface area contributed by atoms with E-state index in [2.05, 4.69) is 4.98 Å². The van der Waals surface area contributed by atoms with Crippen LogP contribution in [0.3, 0.4) is 0 Å². The number of anilines is 1. The smallest absolute Gasteiger partial charge is 0.266 e. The number of hydrogen-bond donors (Lipinski definition) is 0. The number of aromatic nitrogens is 1. The van der Waals surface area contributed by atoms with Gasteiger partial charge < -0.3 is 13.9 Å². The summed E-state index contributed by atoms with van der Waals surface area (Å²) in [5.74, 6) is 1.68. The molecule has 0 saturated heterocycles. The van der Waals surface area contributed by atoms with Crippen molar-refractivity contribution in [1.29, 1.82) is 0 Å². The monoisotopic (exact) mass is 402 g/mol. The quantitative estimate of drug-likeness (QED) is 0.540. The molecule has 0 N–H and O–H groups in total. The lowest BCUT2D eigenvalue weighted by atomic mass is 10.3. The van der Waals surface area contributed by atoms with Gasteiger partial charge in [0.1, 0.15) is 11.6 Å². The predicted octanol–water partition coefficient (Wildman–Crippen LogP) is 3.87.